The number of hydrazine groups is 1. The Labute approximate surface area is 158 Å². The van der Waals surface area contributed by atoms with Gasteiger partial charge in [-0.2, -0.15) is 0 Å². The smallest absolute Gasteiger partial charge is 0.203 e. The second-order valence-corrected chi connectivity index (χ2v) is 6.66. The quantitative estimate of drug-likeness (QED) is 0.643. The van der Waals surface area contributed by atoms with Crippen molar-refractivity contribution in [1.82, 2.24) is 20.8 Å². The fourth-order valence-electron chi connectivity index (χ4n) is 3.72. The molecule has 2 atom stereocenters. The number of H-pyrrole nitrogens is 1. The number of aromatic amines is 1. The van der Waals surface area contributed by atoms with Crippen LogP contribution in [0, 0.1) is 6.92 Å². The molecule has 1 aliphatic rings. The SMILES string of the molecule is COc1cc(C2NNCC2c2nc3c(C)cccc3[nH]2)cc(OC)c1OC. The van der Waals surface area contributed by atoms with Crippen molar-refractivity contribution in [3.05, 3.63) is 47.3 Å². The number of imidazole rings is 1. The van der Waals surface area contributed by atoms with Gasteiger partial charge in [-0.25, -0.2) is 10.4 Å². The van der Waals surface area contributed by atoms with Gasteiger partial charge in [0.2, 0.25) is 5.75 Å². The summed E-state index contributed by atoms with van der Waals surface area (Å²) in [6.45, 7) is 2.84. The van der Waals surface area contributed by atoms with Crippen LogP contribution in [-0.2, 0) is 0 Å². The molecule has 7 heteroatoms. The minimum atomic E-state index is 0.0135. The van der Waals surface area contributed by atoms with Gasteiger partial charge < -0.3 is 19.2 Å². The van der Waals surface area contributed by atoms with Gasteiger partial charge in [0.25, 0.3) is 0 Å². The molecule has 0 spiro atoms. The molecule has 0 amide bonds. The van der Waals surface area contributed by atoms with E-state index >= 15 is 0 Å². The predicted octanol–water partition coefficient (Wildman–Crippen LogP) is 2.83. The molecule has 1 aromatic heterocycles. The molecule has 1 fully saturated rings. The van der Waals surface area contributed by atoms with Crippen molar-refractivity contribution in [3.63, 3.8) is 0 Å². The Morgan fingerprint density at radius 2 is 1.78 bits per heavy atom. The first kappa shape index (κ1) is 17.6. The highest BCUT2D eigenvalue weighted by molar-refractivity contribution is 5.78. The average molecular weight is 368 g/mol. The maximum atomic E-state index is 5.51. The number of nitrogens with zero attached hydrogens (tertiary/aromatic N) is 1. The fraction of sp³-hybridized carbons (Fsp3) is 0.350. The van der Waals surface area contributed by atoms with Crippen LogP contribution in [0.2, 0.25) is 0 Å². The first-order chi connectivity index (χ1) is 13.2. The van der Waals surface area contributed by atoms with Crippen LogP contribution >= 0.6 is 0 Å². The third-order valence-corrected chi connectivity index (χ3v) is 5.11. The van der Waals surface area contributed by atoms with E-state index in [1.807, 2.05) is 18.2 Å². The molecule has 142 valence electrons. The van der Waals surface area contributed by atoms with Crippen LogP contribution in [0.1, 0.15) is 28.9 Å². The van der Waals surface area contributed by atoms with Crippen LogP contribution in [0.3, 0.4) is 0 Å². The summed E-state index contributed by atoms with van der Waals surface area (Å²) in [6.07, 6.45) is 0. The van der Waals surface area contributed by atoms with Crippen molar-refractivity contribution in [1.29, 1.82) is 0 Å². The summed E-state index contributed by atoms with van der Waals surface area (Å²) in [4.78, 5) is 8.35. The third kappa shape index (κ3) is 2.98. The fourth-order valence-corrected chi connectivity index (χ4v) is 3.72. The molecular formula is C20H24N4O3. The highest BCUT2D eigenvalue weighted by Crippen LogP contribution is 2.42. The first-order valence-corrected chi connectivity index (χ1v) is 8.89. The monoisotopic (exact) mass is 368 g/mol. The lowest BCUT2D eigenvalue weighted by Crippen LogP contribution is -2.25. The minimum absolute atomic E-state index is 0.0135. The summed E-state index contributed by atoms with van der Waals surface area (Å²) < 4.78 is 16.4. The lowest BCUT2D eigenvalue weighted by Gasteiger charge is -2.20. The molecular weight excluding hydrogens is 344 g/mol. The summed E-state index contributed by atoms with van der Waals surface area (Å²) in [5.41, 5.74) is 10.9. The van der Waals surface area contributed by atoms with Crippen molar-refractivity contribution in [3.8, 4) is 17.2 Å². The molecule has 2 unspecified atom stereocenters. The molecule has 2 heterocycles. The second kappa shape index (κ2) is 7.09. The van der Waals surface area contributed by atoms with Crippen molar-refractivity contribution >= 4 is 11.0 Å². The van der Waals surface area contributed by atoms with Crippen LogP contribution in [-0.4, -0.2) is 37.8 Å². The van der Waals surface area contributed by atoms with Gasteiger partial charge in [-0.1, -0.05) is 12.1 Å². The van der Waals surface area contributed by atoms with E-state index in [0.717, 1.165) is 29.0 Å². The number of fused-ring (bicyclic) bond motifs is 1. The van der Waals surface area contributed by atoms with E-state index in [1.165, 1.54) is 5.56 Å². The van der Waals surface area contributed by atoms with Crippen LogP contribution in [0.5, 0.6) is 17.2 Å². The standard InChI is InChI=1S/C20H24N4O3/c1-11-6-5-7-14-17(11)23-20(22-14)13-10-21-24-18(13)12-8-15(25-2)19(27-4)16(9-12)26-3/h5-9,13,18,21,24H,10H2,1-4H3,(H,22,23). The summed E-state index contributed by atoms with van der Waals surface area (Å²) >= 11 is 0. The summed E-state index contributed by atoms with van der Waals surface area (Å²) in [5.74, 6) is 2.96. The number of aromatic nitrogens is 2. The van der Waals surface area contributed by atoms with E-state index < -0.39 is 0 Å². The van der Waals surface area contributed by atoms with Crippen LogP contribution in [0.25, 0.3) is 11.0 Å². The van der Waals surface area contributed by atoms with Gasteiger partial charge in [-0.05, 0) is 36.2 Å². The molecule has 7 nitrogen and oxygen atoms in total. The number of methoxy groups -OCH3 is 3. The van der Waals surface area contributed by atoms with Crippen molar-refractivity contribution < 1.29 is 14.2 Å². The molecule has 0 aliphatic carbocycles. The molecule has 3 N–H and O–H groups in total. The lowest BCUT2D eigenvalue weighted by molar-refractivity contribution is 0.323. The number of aryl methyl sites for hydroxylation is 1. The number of rotatable bonds is 5. The molecule has 4 rings (SSSR count). The van der Waals surface area contributed by atoms with Gasteiger partial charge in [-0.3, -0.25) is 5.43 Å². The van der Waals surface area contributed by atoms with Crippen LogP contribution in [0.4, 0.5) is 0 Å². The van der Waals surface area contributed by atoms with Gasteiger partial charge in [0, 0.05) is 6.54 Å². The number of ether oxygens (including phenoxy) is 3. The van der Waals surface area contributed by atoms with E-state index in [2.05, 4.69) is 34.9 Å². The molecule has 1 saturated heterocycles. The predicted molar refractivity (Wildman–Crippen MR) is 104 cm³/mol. The summed E-state index contributed by atoms with van der Waals surface area (Å²) in [5, 5.41) is 0. The zero-order chi connectivity index (χ0) is 19.0. The molecule has 0 saturated carbocycles. The Balaban J connectivity index is 1.75. The topological polar surface area (TPSA) is 80.4 Å². The third-order valence-electron chi connectivity index (χ3n) is 5.11. The van der Waals surface area contributed by atoms with Crippen molar-refractivity contribution in [2.24, 2.45) is 0 Å². The largest absolute Gasteiger partial charge is 0.493 e. The molecule has 27 heavy (non-hydrogen) atoms. The van der Waals surface area contributed by atoms with Gasteiger partial charge in [0.1, 0.15) is 5.82 Å². The normalized spacial score (nSPS) is 19.4. The Morgan fingerprint density at radius 3 is 2.41 bits per heavy atom. The summed E-state index contributed by atoms with van der Waals surface area (Å²) in [7, 11) is 4.86. The van der Waals surface area contributed by atoms with Gasteiger partial charge in [0.15, 0.2) is 11.5 Å². The van der Waals surface area contributed by atoms with E-state index in [4.69, 9.17) is 19.2 Å². The lowest BCUT2D eigenvalue weighted by atomic mass is 9.93. The van der Waals surface area contributed by atoms with Gasteiger partial charge in [-0.15, -0.1) is 0 Å². The number of benzene rings is 2. The second-order valence-electron chi connectivity index (χ2n) is 6.66. The number of para-hydroxylation sites is 1. The maximum absolute atomic E-state index is 5.51. The average Bonchev–Trinajstić information content (AvgIpc) is 3.34. The summed E-state index contributed by atoms with van der Waals surface area (Å²) in [6, 6.07) is 10.2. The van der Waals surface area contributed by atoms with Gasteiger partial charge >= 0.3 is 0 Å². The molecule has 2 aromatic carbocycles. The molecule has 1 aliphatic heterocycles. The highest BCUT2D eigenvalue weighted by atomic mass is 16.5. The molecule has 0 bridgehead atoms. The maximum Gasteiger partial charge on any atom is 0.203 e. The zero-order valence-electron chi connectivity index (χ0n) is 15.9. The Hall–Kier alpha value is -2.77. The van der Waals surface area contributed by atoms with E-state index in [1.54, 1.807) is 21.3 Å². The minimum Gasteiger partial charge on any atom is -0.493 e. The Morgan fingerprint density at radius 1 is 1.04 bits per heavy atom. The molecule has 3 aromatic rings. The van der Waals surface area contributed by atoms with E-state index in [-0.39, 0.29) is 12.0 Å². The number of hydrogen-bond donors (Lipinski definition) is 3. The first-order valence-electron chi connectivity index (χ1n) is 8.89. The Kier molecular flexibility index (Phi) is 4.63. The highest BCUT2D eigenvalue weighted by Gasteiger charge is 2.33. The van der Waals surface area contributed by atoms with E-state index in [0.29, 0.717) is 17.2 Å². The van der Waals surface area contributed by atoms with Crippen LogP contribution < -0.4 is 25.1 Å². The van der Waals surface area contributed by atoms with Crippen molar-refractivity contribution in [2.45, 2.75) is 18.9 Å². The zero-order valence-corrected chi connectivity index (χ0v) is 15.9. The van der Waals surface area contributed by atoms with E-state index in [9.17, 15) is 0 Å². The van der Waals surface area contributed by atoms with Gasteiger partial charge in [0.05, 0.1) is 44.3 Å². The van der Waals surface area contributed by atoms with Crippen LogP contribution in [0.15, 0.2) is 30.3 Å². The molecule has 0 radical (unpaired) electrons. The number of nitrogens with one attached hydrogen (secondary N) is 3. The van der Waals surface area contributed by atoms with Crippen molar-refractivity contribution in [2.75, 3.05) is 27.9 Å². The Bertz CT molecular complexity index is 944. The number of hydrogen-bond acceptors (Lipinski definition) is 6.